The second kappa shape index (κ2) is 4.54. The first-order chi connectivity index (χ1) is 6.62. The van der Waals surface area contributed by atoms with Gasteiger partial charge in [-0.15, -0.1) is 0 Å². The first-order valence-corrected chi connectivity index (χ1v) is 3.81. The van der Waals surface area contributed by atoms with Gasteiger partial charge in [-0.05, 0) is 6.42 Å². The molecule has 0 bridgehead atoms. The maximum atomic E-state index is 12.4. The molecule has 0 rings (SSSR count). The van der Waals surface area contributed by atoms with E-state index in [1.807, 2.05) is 0 Å². The van der Waals surface area contributed by atoms with Crippen molar-refractivity contribution in [3.8, 4) is 0 Å². The highest BCUT2D eigenvalue weighted by Crippen LogP contribution is 2.46. The van der Waals surface area contributed by atoms with Crippen molar-refractivity contribution in [3.05, 3.63) is 6.61 Å². The van der Waals surface area contributed by atoms with E-state index in [1.165, 1.54) is 6.92 Å². The maximum absolute atomic E-state index is 12.4. The molecule has 91 valence electrons. The first-order valence-electron chi connectivity index (χ1n) is 3.81. The van der Waals surface area contributed by atoms with Crippen LogP contribution in [0.3, 0.4) is 0 Å². The van der Waals surface area contributed by atoms with Gasteiger partial charge in [0.05, 0.1) is 6.61 Å². The Morgan fingerprint density at radius 3 is 1.87 bits per heavy atom. The highest BCUT2D eigenvalue weighted by molar-refractivity contribution is 4.91. The summed E-state index contributed by atoms with van der Waals surface area (Å²) in [5.41, 5.74) is 0. The summed E-state index contributed by atoms with van der Waals surface area (Å²) in [7, 11) is 0. The van der Waals surface area contributed by atoms with Gasteiger partial charge in [0.25, 0.3) is 0 Å². The van der Waals surface area contributed by atoms with Gasteiger partial charge in [-0.1, -0.05) is 6.92 Å². The number of hydrogen-bond acceptors (Lipinski definition) is 1. The number of halogens is 7. The summed E-state index contributed by atoms with van der Waals surface area (Å²) in [6.45, 7) is -1.39. The molecule has 0 aromatic carbocycles. The van der Waals surface area contributed by atoms with Gasteiger partial charge in [-0.25, -0.2) is 4.39 Å². The van der Waals surface area contributed by atoms with Crippen molar-refractivity contribution in [1.82, 2.24) is 0 Å². The lowest BCUT2D eigenvalue weighted by molar-refractivity contribution is -0.391. The van der Waals surface area contributed by atoms with E-state index in [0.29, 0.717) is 0 Å². The molecule has 0 aliphatic rings. The average molecular weight is 241 g/mol. The highest BCUT2D eigenvalue weighted by Gasteiger charge is 2.73. The minimum Gasteiger partial charge on any atom is -0.309 e. The van der Waals surface area contributed by atoms with Crippen LogP contribution in [0.25, 0.3) is 0 Å². The van der Waals surface area contributed by atoms with E-state index in [9.17, 15) is 30.7 Å². The Bertz CT molecular complexity index is 204. The van der Waals surface area contributed by atoms with Gasteiger partial charge in [0.15, 0.2) is 6.67 Å². The van der Waals surface area contributed by atoms with Crippen LogP contribution in [0, 0.1) is 6.61 Å². The molecular formula is C7H8F7O. The number of alkyl halides is 7. The molecule has 0 amide bonds. The van der Waals surface area contributed by atoms with E-state index < -0.39 is 24.6 Å². The summed E-state index contributed by atoms with van der Waals surface area (Å²) in [6.07, 6.45) is -5.63. The summed E-state index contributed by atoms with van der Waals surface area (Å²) in [6, 6.07) is 0. The van der Waals surface area contributed by atoms with E-state index in [2.05, 4.69) is 4.74 Å². The quantitative estimate of drug-likeness (QED) is 0.647. The van der Waals surface area contributed by atoms with E-state index >= 15 is 0 Å². The molecule has 0 aliphatic heterocycles. The molecule has 0 aromatic heterocycles. The second-order valence-electron chi connectivity index (χ2n) is 2.62. The van der Waals surface area contributed by atoms with Crippen LogP contribution in [0.5, 0.6) is 0 Å². The van der Waals surface area contributed by atoms with Crippen LogP contribution in [-0.2, 0) is 4.74 Å². The van der Waals surface area contributed by atoms with E-state index in [0.717, 1.165) is 0 Å². The molecule has 0 saturated heterocycles. The van der Waals surface area contributed by atoms with Crippen molar-refractivity contribution in [2.75, 3.05) is 6.67 Å². The van der Waals surface area contributed by atoms with Gasteiger partial charge in [-0.2, -0.15) is 26.3 Å². The summed E-state index contributed by atoms with van der Waals surface area (Å²) in [4.78, 5) is 0. The van der Waals surface area contributed by atoms with Crippen LogP contribution in [0.15, 0.2) is 0 Å². The molecule has 0 fully saturated rings. The Balaban J connectivity index is 4.83. The third-order valence-corrected chi connectivity index (χ3v) is 1.39. The molecule has 0 heterocycles. The minimum atomic E-state index is -5.90. The number of rotatable bonds is 6. The zero-order chi connectivity index (χ0) is 12.3. The third-order valence-electron chi connectivity index (χ3n) is 1.39. The van der Waals surface area contributed by atoms with Crippen LogP contribution in [0.1, 0.15) is 13.3 Å². The Kier molecular flexibility index (Phi) is 4.38. The molecule has 0 aromatic rings. The van der Waals surface area contributed by atoms with Crippen molar-refractivity contribution >= 4 is 0 Å². The fourth-order valence-electron chi connectivity index (χ4n) is 0.559. The molecule has 0 spiro atoms. The molecule has 0 N–H and O–H groups in total. The second-order valence-corrected chi connectivity index (χ2v) is 2.62. The molecule has 0 unspecified atom stereocenters. The molecule has 1 radical (unpaired) electrons. The molecular weight excluding hydrogens is 233 g/mol. The number of hydrogen-bond donors (Lipinski definition) is 0. The van der Waals surface area contributed by atoms with E-state index in [-0.39, 0.29) is 13.0 Å². The lowest BCUT2D eigenvalue weighted by atomic mass is 10.1. The predicted molar refractivity (Wildman–Crippen MR) is 36.5 cm³/mol. The molecule has 0 atom stereocenters. The van der Waals surface area contributed by atoms with Crippen molar-refractivity contribution in [2.45, 2.75) is 31.3 Å². The van der Waals surface area contributed by atoms with Crippen molar-refractivity contribution in [3.63, 3.8) is 0 Å². The predicted octanol–water partition coefficient (Wildman–Crippen LogP) is 3.41. The molecule has 15 heavy (non-hydrogen) atoms. The first kappa shape index (κ1) is 14.5. The number of ether oxygens (including phenoxy) is 1. The zero-order valence-corrected chi connectivity index (χ0v) is 7.55. The normalized spacial score (nSPS) is 14.4. The van der Waals surface area contributed by atoms with Crippen LogP contribution in [0.4, 0.5) is 30.7 Å². The summed E-state index contributed by atoms with van der Waals surface area (Å²) in [5, 5.41) is 0. The fourth-order valence-corrected chi connectivity index (χ4v) is 0.559. The van der Waals surface area contributed by atoms with Gasteiger partial charge in [0.2, 0.25) is 0 Å². The minimum absolute atomic E-state index is 0.188. The Hall–Kier alpha value is -0.530. The Labute approximate surface area is 81.2 Å². The van der Waals surface area contributed by atoms with Crippen LogP contribution < -0.4 is 0 Å². The van der Waals surface area contributed by atoms with E-state index in [4.69, 9.17) is 0 Å². The standard InChI is InChI=1S/C7H8F7O/c1-2-3-15-7(13,14)6(11,12)5(9,10)4-8/h3H,2,4H2,1H3. The van der Waals surface area contributed by atoms with Gasteiger partial charge in [0, 0.05) is 0 Å². The zero-order valence-electron chi connectivity index (χ0n) is 7.55. The lowest BCUT2D eigenvalue weighted by Gasteiger charge is -2.30. The average Bonchev–Trinajstić information content (AvgIpc) is 2.14. The highest BCUT2D eigenvalue weighted by atomic mass is 19.4. The van der Waals surface area contributed by atoms with Gasteiger partial charge >= 0.3 is 18.0 Å². The van der Waals surface area contributed by atoms with E-state index in [1.54, 1.807) is 0 Å². The third kappa shape index (κ3) is 2.73. The lowest BCUT2D eigenvalue weighted by Crippen LogP contribution is -2.56. The molecule has 1 nitrogen and oxygen atoms in total. The molecule has 8 heteroatoms. The molecule has 0 saturated carbocycles. The fraction of sp³-hybridized carbons (Fsp3) is 0.857. The van der Waals surface area contributed by atoms with Crippen LogP contribution in [-0.4, -0.2) is 24.6 Å². The Morgan fingerprint density at radius 2 is 1.53 bits per heavy atom. The summed E-state index contributed by atoms with van der Waals surface area (Å²) < 4.78 is 88.7. The smallest absolute Gasteiger partial charge is 0.309 e. The van der Waals surface area contributed by atoms with Gasteiger partial charge in [0.1, 0.15) is 0 Å². The van der Waals surface area contributed by atoms with Gasteiger partial charge < -0.3 is 4.74 Å². The van der Waals surface area contributed by atoms with Gasteiger partial charge in [-0.3, -0.25) is 0 Å². The van der Waals surface area contributed by atoms with Crippen LogP contribution >= 0.6 is 0 Å². The van der Waals surface area contributed by atoms with Crippen LogP contribution in [0.2, 0.25) is 0 Å². The van der Waals surface area contributed by atoms with Crippen molar-refractivity contribution < 1.29 is 35.5 Å². The maximum Gasteiger partial charge on any atom is 0.426 e. The van der Waals surface area contributed by atoms with Crippen molar-refractivity contribution in [2.24, 2.45) is 0 Å². The molecule has 0 aliphatic carbocycles. The SMILES string of the molecule is CC[CH]OC(F)(F)C(F)(F)C(F)(F)CF. The van der Waals surface area contributed by atoms with Crippen molar-refractivity contribution in [1.29, 1.82) is 0 Å². The monoisotopic (exact) mass is 241 g/mol. The largest absolute Gasteiger partial charge is 0.426 e. The summed E-state index contributed by atoms with van der Waals surface area (Å²) >= 11 is 0. The topological polar surface area (TPSA) is 9.23 Å². The Morgan fingerprint density at radius 1 is 1.07 bits per heavy atom. The summed E-state index contributed by atoms with van der Waals surface area (Å²) in [5.74, 6) is -11.4.